The van der Waals surface area contributed by atoms with Crippen LogP contribution in [-0.2, 0) is 4.79 Å². The number of ether oxygens (including phenoxy) is 1. The highest BCUT2D eigenvalue weighted by molar-refractivity contribution is 5.75. The lowest BCUT2D eigenvalue weighted by Crippen LogP contribution is -2.36. The number of hydrogen-bond donors (Lipinski definition) is 1. The Labute approximate surface area is 90.4 Å². The second-order valence-corrected chi connectivity index (χ2v) is 3.45. The summed E-state index contributed by atoms with van der Waals surface area (Å²) in [4.78, 5) is 11.1. The average Bonchev–Trinajstić information content (AvgIpc) is 2.27. The minimum absolute atomic E-state index is 0.0395. The van der Waals surface area contributed by atoms with Crippen LogP contribution in [0.3, 0.4) is 0 Å². The number of carbonyl (C=O) groups excluding carboxylic acids is 1. The summed E-state index contributed by atoms with van der Waals surface area (Å²) in [6.07, 6.45) is 0.510. The van der Waals surface area contributed by atoms with Crippen LogP contribution in [0.2, 0.25) is 0 Å². The molecular formula is C12H17NO2. The third-order valence-corrected chi connectivity index (χ3v) is 1.97. The summed E-state index contributed by atoms with van der Waals surface area (Å²) in [6.45, 7) is 4.26. The van der Waals surface area contributed by atoms with Gasteiger partial charge >= 0.3 is 0 Å². The molecule has 1 amide bonds. The molecule has 0 radical (unpaired) electrons. The minimum atomic E-state index is 0.0395. The number of hydrogen-bond acceptors (Lipinski definition) is 2. The standard InChI is InChI=1S/C12H17NO2/c1-3-12(14)13-10(2)9-15-11-7-5-4-6-8-11/h4-8,10H,3,9H2,1-2H3,(H,13,14). The first-order chi connectivity index (χ1) is 7.22. The van der Waals surface area contributed by atoms with Crippen LogP contribution in [0.5, 0.6) is 5.75 Å². The Balaban J connectivity index is 2.28. The molecule has 0 aliphatic rings. The topological polar surface area (TPSA) is 38.3 Å². The van der Waals surface area contributed by atoms with Gasteiger partial charge in [0.25, 0.3) is 0 Å². The Morgan fingerprint density at radius 1 is 1.40 bits per heavy atom. The molecular weight excluding hydrogens is 190 g/mol. The van der Waals surface area contributed by atoms with E-state index in [-0.39, 0.29) is 11.9 Å². The van der Waals surface area contributed by atoms with Crippen LogP contribution in [0.1, 0.15) is 20.3 Å². The molecule has 15 heavy (non-hydrogen) atoms. The van der Waals surface area contributed by atoms with Crippen molar-refractivity contribution in [3.63, 3.8) is 0 Å². The molecule has 1 unspecified atom stereocenters. The third-order valence-electron chi connectivity index (χ3n) is 1.97. The van der Waals surface area contributed by atoms with Crippen LogP contribution in [-0.4, -0.2) is 18.6 Å². The molecule has 0 aliphatic carbocycles. The highest BCUT2D eigenvalue weighted by Gasteiger charge is 2.05. The zero-order valence-corrected chi connectivity index (χ0v) is 9.19. The lowest BCUT2D eigenvalue weighted by molar-refractivity contribution is -0.121. The van der Waals surface area contributed by atoms with E-state index >= 15 is 0 Å². The molecule has 1 N–H and O–H groups in total. The second kappa shape index (κ2) is 6.06. The summed E-state index contributed by atoms with van der Waals surface area (Å²) in [5, 5.41) is 2.84. The molecule has 0 fully saturated rings. The van der Waals surface area contributed by atoms with Crippen LogP contribution in [0.15, 0.2) is 30.3 Å². The highest BCUT2D eigenvalue weighted by Crippen LogP contribution is 2.08. The monoisotopic (exact) mass is 207 g/mol. The van der Waals surface area contributed by atoms with Gasteiger partial charge in [-0.3, -0.25) is 4.79 Å². The molecule has 0 saturated heterocycles. The SMILES string of the molecule is CCC(=O)NC(C)COc1ccccc1. The van der Waals surface area contributed by atoms with Crippen molar-refractivity contribution in [3.8, 4) is 5.75 Å². The zero-order valence-electron chi connectivity index (χ0n) is 9.19. The molecule has 0 aliphatic heterocycles. The predicted molar refractivity (Wildman–Crippen MR) is 59.8 cm³/mol. The lowest BCUT2D eigenvalue weighted by atomic mass is 10.3. The van der Waals surface area contributed by atoms with E-state index in [0.29, 0.717) is 13.0 Å². The van der Waals surface area contributed by atoms with Crippen LogP contribution in [0, 0.1) is 0 Å². The van der Waals surface area contributed by atoms with Gasteiger partial charge in [-0.05, 0) is 19.1 Å². The van der Waals surface area contributed by atoms with E-state index in [9.17, 15) is 4.79 Å². The van der Waals surface area contributed by atoms with Gasteiger partial charge in [0.1, 0.15) is 12.4 Å². The summed E-state index contributed by atoms with van der Waals surface area (Å²) >= 11 is 0. The number of rotatable bonds is 5. The van der Waals surface area contributed by atoms with Crippen molar-refractivity contribution in [2.75, 3.05) is 6.61 Å². The molecule has 3 heteroatoms. The summed E-state index contributed by atoms with van der Waals surface area (Å²) in [5.41, 5.74) is 0. The van der Waals surface area contributed by atoms with Crippen molar-refractivity contribution >= 4 is 5.91 Å². The van der Waals surface area contributed by atoms with E-state index in [1.54, 1.807) is 0 Å². The van der Waals surface area contributed by atoms with E-state index in [4.69, 9.17) is 4.74 Å². The first-order valence-electron chi connectivity index (χ1n) is 5.19. The van der Waals surface area contributed by atoms with Gasteiger partial charge in [0.15, 0.2) is 0 Å². The Hall–Kier alpha value is -1.51. The van der Waals surface area contributed by atoms with E-state index in [1.807, 2.05) is 44.2 Å². The molecule has 3 nitrogen and oxygen atoms in total. The largest absolute Gasteiger partial charge is 0.491 e. The maximum Gasteiger partial charge on any atom is 0.220 e. The molecule has 0 saturated carbocycles. The molecule has 0 bridgehead atoms. The van der Waals surface area contributed by atoms with Crippen LogP contribution < -0.4 is 10.1 Å². The molecule has 0 spiro atoms. The molecule has 82 valence electrons. The van der Waals surface area contributed by atoms with Crippen molar-refractivity contribution in [2.45, 2.75) is 26.3 Å². The second-order valence-electron chi connectivity index (χ2n) is 3.45. The number of benzene rings is 1. The average molecular weight is 207 g/mol. The Bertz CT molecular complexity index is 298. The van der Waals surface area contributed by atoms with Gasteiger partial charge in [0.2, 0.25) is 5.91 Å². The van der Waals surface area contributed by atoms with Gasteiger partial charge in [-0.15, -0.1) is 0 Å². The molecule has 1 aromatic carbocycles. The minimum Gasteiger partial charge on any atom is -0.491 e. The molecule has 0 heterocycles. The van der Waals surface area contributed by atoms with Gasteiger partial charge in [0.05, 0.1) is 6.04 Å². The van der Waals surface area contributed by atoms with Crippen molar-refractivity contribution in [2.24, 2.45) is 0 Å². The van der Waals surface area contributed by atoms with Gasteiger partial charge in [-0.2, -0.15) is 0 Å². The zero-order chi connectivity index (χ0) is 11.1. The van der Waals surface area contributed by atoms with Gasteiger partial charge in [0, 0.05) is 6.42 Å². The third kappa shape index (κ3) is 4.49. The van der Waals surface area contributed by atoms with Crippen LogP contribution >= 0.6 is 0 Å². The Morgan fingerprint density at radius 3 is 2.67 bits per heavy atom. The fourth-order valence-electron chi connectivity index (χ4n) is 1.16. The van der Waals surface area contributed by atoms with E-state index < -0.39 is 0 Å². The summed E-state index contributed by atoms with van der Waals surface area (Å²) in [7, 11) is 0. The van der Waals surface area contributed by atoms with Crippen LogP contribution in [0.4, 0.5) is 0 Å². The Morgan fingerprint density at radius 2 is 2.07 bits per heavy atom. The molecule has 1 aromatic rings. The fourth-order valence-corrected chi connectivity index (χ4v) is 1.16. The molecule has 0 aromatic heterocycles. The predicted octanol–water partition coefficient (Wildman–Crippen LogP) is 1.98. The normalized spacial score (nSPS) is 11.9. The number of nitrogens with one attached hydrogen (secondary N) is 1. The summed E-state index contributed by atoms with van der Waals surface area (Å²) in [6, 6.07) is 9.62. The maximum absolute atomic E-state index is 11.1. The quantitative estimate of drug-likeness (QED) is 0.801. The fraction of sp³-hybridized carbons (Fsp3) is 0.417. The molecule has 1 atom stereocenters. The van der Waals surface area contributed by atoms with Crippen molar-refractivity contribution in [3.05, 3.63) is 30.3 Å². The number of carbonyl (C=O) groups is 1. The summed E-state index contributed by atoms with van der Waals surface area (Å²) in [5.74, 6) is 0.884. The number of para-hydroxylation sites is 1. The van der Waals surface area contributed by atoms with Crippen molar-refractivity contribution < 1.29 is 9.53 Å². The van der Waals surface area contributed by atoms with Gasteiger partial charge < -0.3 is 10.1 Å². The first kappa shape index (κ1) is 11.6. The highest BCUT2D eigenvalue weighted by atomic mass is 16.5. The van der Waals surface area contributed by atoms with E-state index in [1.165, 1.54) is 0 Å². The van der Waals surface area contributed by atoms with E-state index in [2.05, 4.69) is 5.32 Å². The lowest BCUT2D eigenvalue weighted by Gasteiger charge is -2.14. The van der Waals surface area contributed by atoms with Crippen molar-refractivity contribution in [1.29, 1.82) is 0 Å². The van der Waals surface area contributed by atoms with E-state index in [0.717, 1.165) is 5.75 Å². The van der Waals surface area contributed by atoms with Crippen LogP contribution in [0.25, 0.3) is 0 Å². The first-order valence-corrected chi connectivity index (χ1v) is 5.19. The maximum atomic E-state index is 11.1. The Kier molecular flexibility index (Phi) is 4.68. The van der Waals surface area contributed by atoms with Gasteiger partial charge in [-0.1, -0.05) is 25.1 Å². The summed E-state index contributed by atoms with van der Waals surface area (Å²) < 4.78 is 5.50. The van der Waals surface area contributed by atoms with Crippen molar-refractivity contribution in [1.82, 2.24) is 5.32 Å². The smallest absolute Gasteiger partial charge is 0.220 e. The molecule has 1 rings (SSSR count). The van der Waals surface area contributed by atoms with Gasteiger partial charge in [-0.25, -0.2) is 0 Å². The number of amides is 1.